The van der Waals surface area contributed by atoms with Crippen molar-refractivity contribution in [3.8, 4) is 17.2 Å². The van der Waals surface area contributed by atoms with Gasteiger partial charge in [-0.25, -0.2) is 0 Å². The predicted molar refractivity (Wildman–Crippen MR) is 80.6 cm³/mol. The van der Waals surface area contributed by atoms with E-state index in [9.17, 15) is 4.79 Å². The fourth-order valence-electron chi connectivity index (χ4n) is 2.08. The van der Waals surface area contributed by atoms with Crippen LogP contribution >= 0.6 is 0 Å². The van der Waals surface area contributed by atoms with Gasteiger partial charge in [0.2, 0.25) is 0 Å². The lowest BCUT2D eigenvalue weighted by Crippen LogP contribution is -2.04. The van der Waals surface area contributed by atoms with Crippen LogP contribution in [0.3, 0.4) is 0 Å². The molecule has 21 heavy (non-hydrogen) atoms. The molecule has 2 aromatic rings. The van der Waals surface area contributed by atoms with Gasteiger partial charge in [-0.3, -0.25) is 4.79 Å². The van der Waals surface area contributed by atoms with Crippen LogP contribution in [-0.2, 0) is 6.42 Å². The van der Waals surface area contributed by atoms with E-state index in [1.807, 2.05) is 24.3 Å². The molecule has 0 bridgehead atoms. The van der Waals surface area contributed by atoms with E-state index < -0.39 is 0 Å². The van der Waals surface area contributed by atoms with Gasteiger partial charge in [-0.05, 0) is 35.9 Å². The first-order valence-corrected chi connectivity index (χ1v) is 6.56. The third kappa shape index (κ3) is 3.54. The van der Waals surface area contributed by atoms with Crippen molar-refractivity contribution in [1.29, 1.82) is 0 Å². The molecule has 0 radical (unpaired) electrons. The third-order valence-electron chi connectivity index (χ3n) is 3.20. The maximum Gasteiger partial charge on any atom is 0.167 e. The molecule has 110 valence electrons. The summed E-state index contributed by atoms with van der Waals surface area (Å²) in [5, 5.41) is 0. The van der Waals surface area contributed by atoms with Crippen molar-refractivity contribution in [2.75, 3.05) is 21.3 Å². The summed E-state index contributed by atoms with van der Waals surface area (Å²) in [5.41, 5.74) is 1.50. The van der Waals surface area contributed by atoms with Crippen LogP contribution in [0.5, 0.6) is 17.2 Å². The number of hydrogen-bond acceptors (Lipinski definition) is 4. The zero-order valence-electron chi connectivity index (χ0n) is 12.4. The summed E-state index contributed by atoms with van der Waals surface area (Å²) in [6.07, 6.45) is 0.312. The molecule has 0 N–H and O–H groups in total. The average molecular weight is 286 g/mol. The lowest BCUT2D eigenvalue weighted by Gasteiger charge is -2.09. The summed E-state index contributed by atoms with van der Waals surface area (Å²) in [4.78, 5) is 12.3. The fourth-order valence-corrected chi connectivity index (χ4v) is 2.08. The minimum atomic E-state index is 0.0178. The first kappa shape index (κ1) is 14.9. The van der Waals surface area contributed by atoms with Gasteiger partial charge in [0.15, 0.2) is 17.3 Å². The van der Waals surface area contributed by atoms with Crippen molar-refractivity contribution in [2.45, 2.75) is 6.42 Å². The monoisotopic (exact) mass is 286 g/mol. The quantitative estimate of drug-likeness (QED) is 0.765. The van der Waals surface area contributed by atoms with Crippen LogP contribution in [0.2, 0.25) is 0 Å². The molecule has 0 saturated carbocycles. The van der Waals surface area contributed by atoms with E-state index in [1.165, 1.54) is 0 Å². The second-order valence-electron chi connectivity index (χ2n) is 4.52. The Labute approximate surface area is 124 Å². The molecule has 4 heteroatoms. The smallest absolute Gasteiger partial charge is 0.167 e. The van der Waals surface area contributed by atoms with Crippen LogP contribution in [0.25, 0.3) is 0 Å². The Hall–Kier alpha value is -2.49. The third-order valence-corrected chi connectivity index (χ3v) is 3.20. The maximum absolute atomic E-state index is 12.3. The van der Waals surface area contributed by atoms with Crippen molar-refractivity contribution in [2.24, 2.45) is 0 Å². The Kier molecular flexibility index (Phi) is 4.82. The highest BCUT2D eigenvalue weighted by Gasteiger charge is 2.11. The van der Waals surface area contributed by atoms with E-state index in [0.29, 0.717) is 23.5 Å². The Bertz CT molecular complexity index is 634. The van der Waals surface area contributed by atoms with Crippen LogP contribution < -0.4 is 14.2 Å². The number of ether oxygens (including phenoxy) is 3. The summed E-state index contributed by atoms with van der Waals surface area (Å²) in [6.45, 7) is 0. The van der Waals surface area contributed by atoms with Crippen LogP contribution in [0.4, 0.5) is 0 Å². The Morgan fingerprint density at radius 1 is 0.905 bits per heavy atom. The lowest BCUT2D eigenvalue weighted by atomic mass is 10.0. The molecule has 4 nitrogen and oxygen atoms in total. The van der Waals surface area contributed by atoms with E-state index in [0.717, 1.165) is 11.3 Å². The molecule has 0 saturated heterocycles. The molecular weight excluding hydrogens is 268 g/mol. The van der Waals surface area contributed by atoms with Gasteiger partial charge in [0, 0.05) is 12.0 Å². The number of hydrogen-bond donors (Lipinski definition) is 0. The molecule has 0 unspecified atom stereocenters. The van der Waals surface area contributed by atoms with Gasteiger partial charge < -0.3 is 14.2 Å². The molecule has 2 rings (SSSR count). The van der Waals surface area contributed by atoms with Crippen molar-refractivity contribution >= 4 is 5.78 Å². The maximum atomic E-state index is 12.3. The minimum absolute atomic E-state index is 0.0178. The van der Waals surface area contributed by atoms with Crippen molar-refractivity contribution in [3.05, 3.63) is 53.6 Å². The SMILES string of the molecule is COc1cccc(CC(=O)c2ccc(OC)c(OC)c2)c1. The summed E-state index contributed by atoms with van der Waals surface area (Å²) in [6, 6.07) is 12.7. The van der Waals surface area contributed by atoms with Gasteiger partial charge in [0.05, 0.1) is 21.3 Å². The van der Waals surface area contributed by atoms with Crippen molar-refractivity contribution in [1.82, 2.24) is 0 Å². The predicted octanol–water partition coefficient (Wildman–Crippen LogP) is 3.14. The normalized spacial score (nSPS) is 10.0. The molecule has 0 aliphatic rings. The zero-order valence-corrected chi connectivity index (χ0v) is 12.4. The standard InChI is InChI=1S/C17H18O4/c1-19-14-6-4-5-12(9-14)10-15(18)13-7-8-16(20-2)17(11-13)21-3/h4-9,11H,10H2,1-3H3. The molecule has 0 aromatic heterocycles. The van der Waals surface area contributed by atoms with Gasteiger partial charge in [-0.2, -0.15) is 0 Å². The number of rotatable bonds is 6. The van der Waals surface area contributed by atoms with Gasteiger partial charge in [0.1, 0.15) is 5.75 Å². The molecule has 0 heterocycles. The number of benzene rings is 2. The van der Waals surface area contributed by atoms with Crippen LogP contribution in [-0.4, -0.2) is 27.1 Å². The van der Waals surface area contributed by atoms with Crippen LogP contribution in [0, 0.1) is 0 Å². The summed E-state index contributed by atoms with van der Waals surface area (Å²) < 4.78 is 15.5. The Morgan fingerprint density at radius 3 is 2.33 bits per heavy atom. The van der Waals surface area contributed by atoms with Gasteiger partial charge in [-0.1, -0.05) is 12.1 Å². The summed E-state index contributed by atoms with van der Waals surface area (Å²) >= 11 is 0. The first-order valence-electron chi connectivity index (χ1n) is 6.56. The Balaban J connectivity index is 2.19. The number of ketones is 1. The van der Waals surface area contributed by atoms with Gasteiger partial charge in [0.25, 0.3) is 0 Å². The van der Waals surface area contributed by atoms with E-state index >= 15 is 0 Å². The summed E-state index contributed by atoms with van der Waals surface area (Å²) in [7, 11) is 4.72. The second-order valence-corrected chi connectivity index (χ2v) is 4.52. The lowest BCUT2D eigenvalue weighted by molar-refractivity contribution is 0.0992. The molecule has 0 atom stereocenters. The van der Waals surface area contributed by atoms with Crippen molar-refractivity contribution < 1.29 is 19.0 Å². The molecule has 0 fully saturated rings. The topological polar surface area (TPSA) is 44.8 Å². The molecular formula is C17H18O4. The molecule has 0 amide bonds. The first-order chi connectivity index (χ1) is 10.2. The van der Waals surface area contributed by atoms with E-state index in [2.05, 4.69) is 0 Å². The van der Waals surface area contributed by atoms with E-state index in [-0.39, 0.29) is 5.78 Å². The van der Waals surface area contributed by atoms with E-state index in [4.69, 9.17) is 14.2 Å². The number of Topliss-reactive ketones (excluding diaryl/α,β-unsaturated/α-hetero) is 1. The highest BCUT2D eigenvalue weighted by atomic mass is 16.5. The fraction of sp³-hybridized carbons (Fsp3) is 0.235. The molecule has 0 aliphatic carbocycles. The van der Waals surface area contributed by atoms with Crippen LogP contribution in [0.1, 0.15) is 15.9 Å². The van der Waals surface area contributed by atoms with Gasteiger partial charge >= 0.3 is 0 Å². The number of carbonyl (C=O) groups excluding carboxylic acids is 1. The Morgan fingerprint density at radius 2 is 1.67 bits per heavy atom. The second kappa shape index (κ2) is 6.79. The van der Waals surface area contributed by atoms with Crippen LogP contribution in [0.15, 0.2) is 42.5 Å². The minimum Gasteiger partial charge on any atom is -0.497 e. The number of methoxy groups -OCH3 is 3. The molecule has 2 aromatic carbocycles. The van der Waals surface area contributed by atoms with Crippen molar-refractivity contribution in [3.63, 3.8) is 0 Å². The molecule has 0 spiro atoms. The molecule has 0 aliphatic heterocycles. The highest BCUT2D eigenvalue weighted by Crippen LogP contribution is 2.28. The number of carbonyl (C=O) groups is 1. The zero-order chi connectivity index (χ0) is 15.2. The summed E-state index contributed by atoms with van der Waals surface area (Å²) in [5.74, 6) is 1.92. The highest BCUT2D eigenvalue weighted by molar-refractivity contribution is 5.98. The average Bonchev–Trinajstić information content (AvgIpc) is 2.54. The van der Waals surface area contributed by atoms with Gasteiger partial charge in [-0.15, -0.1) is 0 Å². The van der Waals surface area contributed by atoms with E-state index in [1.54, 1.807) is 39.5 Å². The largest absolute Gasteiger partial charge is 0.497 e.